The number of hydrogen-bond acceptors (Lipinski definition) is 4. The van der Waals surface area contributed by atoms with Crippen LogP contribution in [0.4, 0.5) is 0 Å². The molecule has 0 heterocycles. The van der Waals surface area contributed by atoms with Crippen molar-refractivity contribution in [2.45, 2.75) is 12.2 Å². The molecule has 0 rings (SSSR count). The lowest BCUT2D eigenvalue weighted by Crippen LogP contribution is -2.16. The number of esters is 1. The highest BCUT2D eigenvalue weighted by Gasteiger charge is 2.09. The second-order valence-corrected chi connectivity index (χ2v) is 2.28. The lowest BCUT2D eigenvalue weighted by atomic mass is 10.5. The van der Waals surface area contributed by atoms with Crippen molar-refractivity contribution in [1.29, 1.82) is 0 Å². The van der Waals surface area contributed by atoms with Gasteiger partial charge < -0.3 is 4.74 Å². The lowest BCUT2D eigenvalue weighted by molar-refractivity contribution is -0.139. The minimum Gasteiger partial charge on any atom is -0.468 e. The maximum atomic E-state index is 10.4. The van der Waals surface area contributed by atoms with Crippen molar-refractivity contribution in [2.24, 2.45) is 5.14 Å². The maximum absolute atomic E-state index is 10.4. The summed E-state index contributed by atoms with van der Waals surface area (Å²) >= 11 is 0.983. The van der Waals surface area contributed by atoms with Crippen LogP contribution in [0.25, 0.3) is 0 Å². The molecule has 8 heavy (non-hydrogen) atoms. The summed E-state index contributed by atoms with van der Waals surface area (Å²) in [6, 6.07) is 0. The van der Waals surface area contributed by atoms with E-state index in [1.807, 2.05) is 0 Å². The number of rotatable bonds is 2. The van der Waals surface area contributed by atoms with E-state index in [1.54, 1.807) is 6.92 Å². The molecule has 0 saturated heterocycles. The van der Waals surface area contributed by atoms with Crippen molar-refractivity contribution in [2.75, 3.05) is 7.11 Å². The first-order valence-electron chi connectivity index (χ1n) is 2.15. The third kappa shape index (κ3) is 2.18. The molecule has 0 spiro atoms. The zero-order valence-corrected chi connectivity index (χ0v) is 5.70. The van der Waals surface area contributed by atoms with Crippen LogP contribution in [0.15, 0.2) is 0 Å². The van der Waals surface area contributed by atoms with Gasteiger partial charge in [-0.3, -0.25) is 9.93 Å². The Hall–Kier alpha value is -0.220. The maximum Gasteiger partial charge on any atom is 0.319 e. The molecular weight excluding hydrogens is 126 g/mol. The Morgan fingerprint density at radius 3 is 2.50 bits per heavy atom. The van der Waals surface area contributed by atoms with E-state index in [4.69, 9.17) is 5.14 Å². The standard InChI is InChI=1S/C4H9NO2S/c1-3(8-5)4(6)7-2/h3H,5H2,1-2H3. The van der Waals surface area contributed by atoms with Gasteiger partial charge in [0.2, 0.25) is 0 Å². The molecule has 4 heteroatoms. The van der Waals surface area contributed by atoms with Gasteiger partial charge in [0.05, 0.1) is 7.11 Å². The van der Waals surface area contributed by atoms with Gasteiger partial charge >= 0.3 is 5.97 Å². The highest BCUT2D eigenvalue weighted by molar-refractivity contribution is 7.98. The Morgan fingerprint density at radius 1 is 1.88 bits per heavy atom. The summed E-state index contributed by atoms with van der Waals surface area (Å²) in [6.07, 6.45) is 0. The first kappa shape index (κ1) is 7.78. The monoisotopic (exact) mass is 135 g/mol. The van der Waals surface area contributed by atoms with Gasteiger partial charge in [0, 0.05) is 0 Å². The van der Waals surface area contributed by atoms with E-state index >= 15 is 0 Å². The Bertz CT molecular complexity index is 86.1. The topological polar surface area (TPSA) is 52.3 Å². The average Bonchev–Trinajstić information content (AvgIpc) is 1.84. The van der Waals surface area contributed by atoms with Crippen molar-refractivity contribution in [1.82, 2.24) is 0 Å². The number of nitrogens with two attached hydrogens (primary N) is 1. The van der Waals surface area contributed by atoms with E-state index in [0.717, 1.165) is 11.9 Å². The van der Waals surface area contributed by atoms with Crippen molar-refractivity contribution < 1.29 is 9.53 Å². The summed E-state index contributed by atoms with van der Waals surface area (Å²) in [5, 5.41) is 4.81. The van der Waals surface area contributed by atoms with E-state index in [0.29, 0.717) is 0 Å². The van der Waals surface area contributed by atoms with E-state index in [9.17, 15) is 4.79 Å². The molecule has 3 nitrogen and oxygen atoms in total. The summed E-state index contributed by atoms with van der Waals surface area (Å²) in [4.78, 5) is 10.4. The lowest BCUT2D eigenvalue weighted by Gasteiger charge is -2.02. The summed E-state index contributed by atoms with van der Waals surface area (Å²) in [5.74, 6) is -0.280. The third-order valence-electron chi connectivity index (χ3n) is 0.737. The minimum atomic E-state index is -0.280. The predicted octanol–water partition coefficient (Wildman–Crippen LogP) is 0.155. The summed E-state index contributed by atoms with van der Waals surface area (Å²) in [5.41, 5.74) is 0. The number of carbonyl (C=O) groups is 1. The van der Waals surface area contributed by atoms with Crippen molar-refractivity contribution >= 4 is 17.9 Å². The van der Waals surface area contributed by atoms with Gasteiger partial charge in [-0.25, -0.2) is 0 Å². The van der Waals surface area contributed by atoms with Gasteiger partial charge in [-0.1, -0.05) is 11.9 Å². The molecule has 0 fully saturated rings. The van der Waals surface area contributed by atoms with E-state index < -0.39 is 0 Å². The SMILES string of the molecule is COC(=O)C(C)SN. The summed E-state index contributed by atoms with van der Waals surface area (Å²) < 4.78 is 4.36. The minimum absolute atomic E-state index is 0.250. The molecule has 0 aliphatic heterocycles. The molecule has 0 saturated carbocycles. The van der Waals surface area contributed by atoms with Crippen molar-refractivity contribution in [3.05, 3.63) is 0 Å². The van der Waals surface area contributed by atoms with Gasteiger partial charge in [0.1, 0.15) is 5.25 Å². The van der Waals surface area contributed by atoms with Gasteiger partial charge in [-0.05, 0) is 6.92 Å². The Labute approximate surface area is 52.7 Å². The molecule has 0 bridgehead atoms. The largest absolute Gasteiger partial charge is 0.468 e. The van der Waals surface area contributed by atoms with Crippen molar-refractivity contribution in [3.8, 4) is 0 Å². The second-order valence-electron chi connectivity index (χ2n) is 1.30. The molecule has 1 unspecified atom stereocenters. The molecule has 0 amide bonds. The van der Waals surface area contributed by atoms with Crippen LogP contribution < -0.4 is 5.14 Å². The highest BCUT2D eigenvalue weighted by Crippen LogP contribution is 2.01. The van der Waals surface area contributed by atoms with Gasteiger partial charge in [0.15, 0.2) is 0 Å². The number of hydrogen-bond donors (Lipinski definition) is 1. The van der Waals surface area contributed by atoms with Crippen LogP contribution in [0.2, 0.25) is 0 Å². The number of carbonyl (C=O) groups excluding carboxylic acids is 1. The fraction of sp³-hybridized carbons (Fsp3) is 0.750. The molecule has 1 atom stereocenters. The molecule has 48 valence electrons. The van der Waals surface area contributed by atoms with E-state index in [-0.39, 0.29) is 11.2 Å². The molecule has 0 aromatic rings. The fourth-order valence-corrected chi connectivity index (χ4v) is 0.429. The van der Waals surface area contributed by atoms with Crippen LogP contribution in [0.3, 0.4) is 0 Å². The molecule has 2 N–H and O–H groups in total. The zero-order chi connectivity index (χ0) is 6.57. The molecule has 0 aliphatic rings. The van der Waals surface area contributed by atoms with Crippen molar-refractivity contribution in [3.63, 3.8) is 0 Å². The van der Waals surface area contributed by atoms with Crippen LogP contribution in [-0.4, -0.2) is 18.3 Å². The van der Waals surface area contributed by atoms with E-state index in [2.05, 4.69) is 4.74 Å². The van der Waals surface area contributed by atoms with Crippen LogP contribution in [0, 0.1) is 0 Å². The summed E-state index contributed by atoms with van der Waals surface area (Å²) in [6.45, 7) is 1.69. The number of methoxy groups -OCH3 is 1. The first-order chi connectivity index (χ1) is 3.72. The predicted molar refractivity (Wildman–Crippen MR) is 33.3 cm³/mol. The average molecular weight is 135 g/mol. The number of ether oxygens (including phenoxy) is 1. The normalized spacial score (nSPS) is 12.9. The van der Waals surface area contributed by atoms with Gasteiger partial charge in [-0.15, -0.1) is 0 Å². The zero-order valence-electron chi connectivity index (χ0n) is 4.88. The van der Waals surface area contributed by atoms with Gasteiger partial charge in [0.25, 0.3) is 0 Å². The Morgan fingerprint density at radius 2 is 2.38 bits per heavy atom. The van der Waals surface area contributed by atoms with Crippen LogP contribution >= 0.6 is 11.9 Å². The second kappa shape index (κ2) is 3.74. The first-order valence-corrected chi connectivity index (χ1v) is 3.10. The van der Waals surface area contributed by atoms with Crippen LogP contribution in [0.1, 0.15) is 6.92 Å². The highest BCUT2D eigenvalue weighted by atomic mass is 32.2. The Kier molecular flexibility index (Phi) is 3.64. The van der Waals surface area contributed by atoms with Crippen LogP contribution in [-0.2, 0) is 9.53 Å². The van der Waals surface area contributed by atoms with E-state index in [1.165, 1.54) is 7.11 Å². The molecule has 0 radical (unpaired) electrons. The van der Waals surface area contributed by atoms with Crippen LogP contribution in [0.5, 0.6) is 0 Å². The fourth-order valence-electron chi connectivity index (χ4n) is 0.222. The Balaban J connectivity index is 3.46. The molecule has 0 aromatic carbocycles. The van der Waals surface area contributed by atoms with Gasteiger partial charge in [-0.2, -0.15) is 0 Å². The summed E-state index contributed by atoms with van der Waals surface area (Å²) in [7, 11) is 1.34. The molecular formula is C4H9NO2S. The quantitative estimate of drug-likeness (QED) is 0.432. The molecule has 0 aliphatic carbocycles. The third-order valence-corrected chi connectivity index (χ3v) is 1.34. The smallest absolute Gasteiger partial charge is 0.319 e. The molecule has 0 aromatic heterocycles.